The molecule has 1 nitrogen and oxygen atoms in total. The molecule has 0 aromatic heterocycles. The van der Waals surface area contributed by atoms with Crippen molar-refractivity contribution in [1.29, 1.82) is 0 Å². The molecule has 14 heavy (non-hydrogen) atoms. The van der Waals surface area contributed by atoms with Crippen molar-refractivity contribution in [2.45, 2.75) is 20.3 Å². The van der Waals surface area contributed by atoms with Gasteiger partial charge in [0.05, 0.1) is 0 Å². The van der Waals surface area contributed by atoms with E-state index in [9.17, 15) is 5.11 Å². The highest BCUT2D eigenvalue weighted by Gasteiger charge is 2.01. The van der Waals surface area contributed by atoms with Crippen molar-refractivity contribution in [3.8, 4) is 17.6 Å². The van der Waals surface area contributed by atoms with E-state index in [0.717, 1.165) is 28.4 Å². The number of hydrogen-bond acceptors (Lipinski definition) is 1. The molecular weight excluding hydrogens is 240 g/mol. The molecule has 2 heteroatoms. The Kier molecular flexibility index (Phi) is 4.03. The van der Waals surface area contributed by atoms with Gasteiger partial charge in [-0.15, -0.1) is 0 Å². The average Bonchev–Trinajstić information content (AvgIpc) is 2.09. The first kappa shape index (κ1) is 11.1. The Morgan fingerprint density at radius 2 is 1.86 bits per heavy atom. The molecule has 0 amide bonds. The van der Waals surface area contributed by atoms with Gasteiger partial charge < -0.3 is 5.11 Å². The maximum absolute atomic E-state index is 9.33. The van der Waals surface area contributed by atoms with Crippen LogP contribution in [-0.2, 0) is 0 Å². The Balaban J connectivity index is 3.04. The lowest BCUT2D eigenvalue weighted by Crippen LogP contribution is -1.87. The van der Waals surface area contributed by atoms with E-state index in [1.54, 1.807) is 12.1 Å². The molecule has 0 saturated heterocycles. The predicted molar refractivity (Wildman–Crippen MR) is 62.9 cm³/mol. The van der Waals surface area contributed by atoms with Gasteiger partial charge in [-0.2, -0.15) is 0 Å². The van der Waals surface area contributed by atoms with Gasteiger partial charge in [0.25, 0.3) is 0 Å². The molecule has 0 aliphatic rings. The first-order chi connectivity index (χ1) is 6.65. The topological polar surface area (TPSA) is 20.2 Å². The maximum Gasteiger partial charge on any atom is 0.116 e. The molecule has 0 aliphatic carbocycles. The maximum atomic E-state index is 9.33. The van der Waals surface area contributed by atoms with Crippen molar-refractivity contribution in [2.75, 3.05) is 5.33 Å². The van der Waals surface area contributed by atoms with Gasteiger partial charge >= 0.3 is 0 Å². The molecule has 1 rings (SSSR count). The Morgan fingerprint density at radius 1 is 1.29 bits per heavy atom. The number of phenols is 1. The SMILES string of the molecule is Cc1cc(O)cc(C)c1C#CCCBr. The second kappa shape index (κ2) is 5.07. The summed E-state index contributed by atoms with van der Waals surface area (Å²) >= 11 is 3.33. The number of phenolic OH excluding ortho intramolecular Hbond substituents is 1. The lowest BCUT2D eigenvalue weighted by Gasteiger charge is -2.03. The smallest absolute Gasteiger partial charge is 0.116 e. The standard InChI is InChI=1S/C12H13BrO/c1-9-7-11(14)8-10(2)12(9)5-3-4-6-13/h7-8,14H,4,6H2,1-2H3. The van der Waals surface area contributed by atoms with E-state index in [4.69, 9.17) is 0 Å². The Hall–Kier alpha value is -0.940. The molecule has 0 bridgehead atoms. The molecule has 0 radical (unpaired) electrons. The van der Waals surface area contributed by atoms with Crippen LogP contribution in [0.1, 0.15) is 23.1 Å². The van der Waals surface area contributed by atoms with Crippen LogP contribution < -0.4 is 0 Å². The van der Waals surface area contributed by atoms with Gasteiger partial charge in [-0.25, -0.2) is 0 Å². The number of halogens is 1. The van der Waals surface area contributed by atoms with E-state index in [-0.39, 0.29) is 0 Å². The van der Waals surface area contributed by atoms with E-state index >= 15 is 0 Å². The van der Waals surface area contributed by atoms with Gasteiger partial charge in [-0.3, -0.25) is 0 Å². The van der Waals surface area contributed by atoms with Gasteiger partial charge in [-0.05, 0) is 37.1 Å². The van der Waals surface area contributed by atoms with Crippen molar-refractivity contribution < 1.29 is 5.11 Å². The Bertz CT molecular complexity index is 362. The number of alkyl halides is 1. The molecule has 0 spiro atoms. The summed E-state index contributed by atoms with van der Waals surface area (Å²) in [5.41, 5.74) is 3.10. The Morgan fingerprint density at radius 3 is 2.36 bits per heavy atom. The van der Waals surface area contributed by atoms with Crippen LogP contribution >= 0.6 is 15.9 Å². The van der Waals surface area contributed by atoms with Crippen LogP contribution in [0.3, 0.4) is 0 Å². The minimum atomic E-state index is 0.311. The zero-order chi connectivity index (χ0) is 10.6. The number of aryl methyl sites for hydroxylation is 2. The van der Waals surface area contributed by atoms with Gasteiger partial charge in [0.2, 0.25) is 0 Å². The van der Waals surface area contributed by atoms with Crippen molar-refractivity contribution in [3.05, 3.63) is 28.8 Å². The number of aromatic hydroxyl groups is 1. The summed E-state index contributed by atoms with van der Waals surface area (Å²) in [5, 5.41) is 10.2. The van der Waals surface area contributed by atoms with E-state index in [2.05, 4.69) is 27.8 Å². The molecular formula is C12H13BrO. The van der Waals surface area contributed by atoms with Gasteiger partial charge in [0, 0.05) is 17.3 Å². The summed E-state index contributed by atoms with van der Waals surface area (Å²) in [4.78, 5) is 0. The summed E-state index contributed by atoms with van der Waals surface area (Å²) in [7, 11) is 0. The fraction of sp³-hybridized carbons (Fsp3) is 0.333. The molecule has 1 aromatic rings. The average molecular weight is 253 g/mol. The Labute approximate surface area is 93.3 Å². The summed E-state index contributed by atoms with van der Waals surface area (Å²) < 4.78 is 0. The van der Waals surface area contributed by atoms with E-state index in [1.807, 2.05) is 13.8 Å². The molecule has 0 heterocycles. The minimum Gasteiger partial charge on any atom is -0.508 e. The third kappa shape index (κ3) is 2.78. The van der Waals surface area contributed by atoms with Crippen LogP contribution in [0.4, 0.5) is 0 Å². The fourth-order valence-corrected chi connectivity index (χ4v) is 1.53. The molecule has 74 valence electrons. The lowest BCUT2D eigenvalue weighted by molar-refractivity contribution is 0.474. The van der Waals surface area contributed by atoms with Crippen LogP contribution in [0, 0.1) is 25.7 Å². The summed E-state index contributed by atoms with van der Waals surface area (Å²) in [6.07, 6.45) is 0.847. The van der Waals surface area contributed by atoms with Crippen LogP contribution in [-0.4, -0.2) is 10.4 Å². The largest absolute Gasteiger partial charge is 0.508 e. The molecule has 1 aromatic carbocycles. The molecule has 1 N–H and O–H groups in total. The first-order valence-electron chi connectivity index (χ1n) is 4.50. The van der Waals surface area contributed by atoms with Crippen molar-refractivity contribution in [3.63, 3.8) is 0 Å². The molecule has 0 aliphatic heterocycles. The number of hydrogen-bond donors (Lipinski definition) is 1. The quantitative estimate of drug-likeness (QED) is 0.602. The fourth-order valence-electron chi connectivity index (χ4n) is 1.34. The van der Waals surface area contributed by atoms with Crippen LogP contribution in [0.25, 0.3) is 0 Å². The second-order valence-corrected chi connectivity index (χ2v) is 3.99. The van der Waals surface area contributed by atoms with Gasteiger partial charge in [0.1, 0.15) is 5.75 Å². The van der Waals surface area contributed by atoms with E-state index < -0.39 is 0 Å². The third-order valence-electron chi connectivity index (χ3n) is 1.95. The van der Waals surface area contributed by atoms with Crippen molar-refractivity contribution >= 4 is 15.9 Å². The first-order valence-corrected chi connectivity index (χ1v) is 5.62. The highest BCUT2D eigenvalue weighted by molar-refractivity contribution is 9.09. The minimum absolute atomic E-state index is 0.311. The molecule has 0 saturated carbocycles. The molecule has 0 atom stereocenters. The van der Waals surface area contributed by atoms with E-state index in [1.165, 1.54) is 0 Å². The van der Waals surface area contributed by atoms with Crippen molar-refractivity contribution in [1.82, 2.24) is 0 Å². The number of rotatable bonds is 1. The van der Waals surface area contributed by atoms with Gasteiger partial charge in [0.15, 0.2) is 0 Å². The van der Waals surface area contributed by atoms with Crippen LogP contribution in [0.5, 0.6) is 5.75 Å². The molecule has 0 fully saturated rings. The number of benzene rings is 1. The third-order valence-corrected chi connectivity index (χ3v) is 2.35. The monoisotopic (exact) mass is 252 g/mol. The normalized spacial score (nSPS) is 9.36. The predicted octanol–water partition coefficient (Wildman–Crippen LogP) is 3.15. The summed E-state index contributed by atoms with van der Waals surface area (Å²) in [5.74, 6) is 6.50. The summed E-state index contributed by atoms with van der Waals surface area (Å²) in [6.45, 7) is 3.93. The zero-order valence-corrected chi connectivity index (χ0v) is 9.98. The van der Waals surface area contributed by atoms with E-state index in [0.29, 0.717) is 5.75 Å². The molecule has 0 unspecified atom stereocenters. The van der Waals surface area contributed by atoms with Crippen LogP contribution in [0.15, 0.2) is 12.1 Å². The van der Waals surface area contributed by atoms with Gasteiger partial charge in [-0.1, -0.05) is 27.8 Å². The highest BCUT2D eigenvalue weighted by atomic mass is 79.9. The van der Waals surface area contributed by atoms with Crippen LogP contribution in [0.2, 0.25) is 0 Å². The second-order valence-electron chi connectivity index (χ2n) is 3.20. The summed E-state index contributed by atoms with van der Waals surface area (Å²) in [6, 6.07) is 3.48. The van der Waals surface area contributed by atoms with Crippen molar-refractivity contribution in [2.24, 2.45) is 0 Å². The highest BCUT2D eigenvalue weighted by Crippen LogP contribution is 2.19. The lowest BCUT2D eigenvalue weighted by atomic mass is 10.0. The zero-order valence-electron chi connectivity index (χ0n) is 8.39.